The lowest BCUT2D eigenvalue weighted by molar-refractivity contribution is 0.0698. The van der Waals surface area contributed by atoms with Crippen LogP contribution in [0.1, 0.15) is 10.4 Å². The van der Waals surface area contributed by atoms with Crippen LogP contribution in [0.3, 0.4) is 0 Å². The molecule has 0 saturated carbocycles. The lowest BCUT2D eigenvalue weighted by Crippen LogP contribution is -2.50. The monoisotopic (exact) mass is 486 g/mol. The van der Waals surface area contributed by atoms with E-state index in [1.165, 1.54) is 4.31 Å². The molecular formula is C17H16Br2N2O3S. The topological polar surface area (TPSA) is 57.7 Å². The zero-order valence-corrected chi connectivity index (χ0v) is 17.2. The van der Waals surface area contributed by atoms with Crippen molar-refractivity contribution in [3.05, 3.63) is 63.0 Å². The zero-order chi connectivity index (χ0) is 18.0. The van der Waals surface area contributed by atoms with Crippen LogP contribution >= 0.6 is 31.9 Å². The highest BCUT2D eigenvalue weighted by Gasteiger charge is 2.31. The molecule has 1 heterocycles. The molecule has 0 atom stereocenters. The van der Waals surface area contributed by atoms with Gasteiger partial charge in [0, 0.05) is 40.7 Å². The highest BCUT2D eigenvalue weighted by Crippen LogP contribution is 2.25. The van der Waals surface area contributed by atoms with Gasteiger partial charge in [0.05, 0.1) is 4.90 Å². The van der Waals surface area contributed by atoms with Gasteiger partial charge in [0.15, 0.2) is 0 Å². The summed E-state index contributed by atoms with van der Waals surface area (Å²) in [5.41, 5.74) is 0.594. The van der Waals surface area contributed by atoms with E-state index in [0.29, 0.717) is 23.1 Å². The van der Waals surface area contributed by atoms with Crippen molar-refractivity contribution in [1.29, 1.82) is 0 Å². The largest absolute Gasteiger partial charge is 0.336 e. The Labute approximate surface area is 163 Å². The van der Waals surface area contributed by atoms with Gasteiger partial charge >= 0.3 is 0 Å². The van der Waals surface area contributed by atoms with Gasteiger partial charge in [0.1, 0.15) is 0 Å². The number of hydrogen-bond donors (Lipinski definition) is 0. The number of piperazine rings is 1. The van der Waals surface area contributed by atoms with E-state index in [9.17, 15) is 13.2 Å². The van der Waals surface area contributed by atoms with Crippen LogP contribution in [0.15, 0.2) is 62.4 Å². The number of halogens is 2. The van der Waals surface area contributed by atoms with Gasteiger partial charge < -0.3 is 4.90 Å². The predicted molar refractivity (Wildman–Crippen MR) is 103 cm³/mol. The Morgan fingerprint density at radius 1 is 0.920 bits per heavy atom. The molecule has 2 aromatic rings. The SMILES string of the molecule is O=C(c1cccc(Br)c1)N1CCN(S(=O)(=O)c2ccccc2Br)CC1. The number of benzene rings is 2. The van der Waals surface area contributed by atoms with Crippen LogP contribution < -0.4 is 0 Å². The van der Waals surface area contributed by atoms with Crippen LogP contribution in [0.4, 0.5) is 0 Å². The highest BCUT2D eigenvalue weighted by atomic mass is 79.9. The second-order valence-electron chi connectivity index (χ2n) is 5.64. The van der Waals surface area contributed by atoms with Crippen molar-refractivity contribution in [2.75, 3.05) is 26.2 Å². The second kappa shape index (κ2) is 7.57. The molecule has 8 heteroatoms. The molecule has 5 nitrogen and oxygen atoms in total. The third-order valence-electron chi connectivity index (χ3n) is 4.05. The molecular weight excluding hydrogens is 472 g/mol. The normalized spacial score (nSPS) is 16.0. The van der Waals surface area contributed by atoms with Crippen molar-refractivity contribution in [2.45, 2.75) is 4.90 Å². The van der Waals surface area contributed by atoms with Gasteiger partial charge in [0.2, 0.25) is 10.0 Å². The van der Waals surface area contributed by atoms with Crippen molar-refractivity contribution >= 4 is 47.8 Å². The van der Waals surface area contributed by atoms with Crippen molar-refractivity contribution < 1.29 is 13.2 Å². The highest BCUT2D eigenvalue weighted by molar-refractivity contribution is 9.10. The fourth-order valence-corrected chi connectivity index (χ4v) is 5.51. The molecule has 0 spiro atoms. The first-order chi connectivity index (χ1) is 11.9. The van der Waals surface area contributed by atoms with E-state index in [0.717, 1.165) is 4.47 Å². The third-order valence-corrected chi connectivity index (χ3v) is 7.46. The average Bonchev–Trinajstić information content (AvgIpc) is 2.61. The molecule has 1 saturated heterocycles. The smallest absolute Gasteiger partial charge is 0.253 e. The summed E-state index contributed by atoms with van der Waals surface area (Å²) in [5.74, 6) is -0.0840. The number of amides is 1. The quantitative estimate of drug-likeness (QED) is 0.667. The minimum Gasteiger partial charge on any atom is -0.336 e. The Bertz CT molecular complexity index is 894. The van der Waals surface area contributed by atoms with Gasteiger partial charge in [-0.05, 0) is 46.3 Å². The minimum absolute atomic E-state index is 0.0840. The van der Waals surface area contributed by atoms with Crippen LogP contribution in [-0.2, 0) is 10.0 Å². The first-order valence-corrected chi connectivity index (χ1v) is 10.7. The molecule has 0 radical (unpaired) electrons. The standard InChI is InChI=1S/C17H16Br2N2O3S/c18-14-5-3-4-13(12-14)17(22)20-8-10-21(11-9-20)25(23,24)16-7-2-1-6-15(16)19/h1-7,12H,8-11H2. The Hall–Kier alpha value is -1.22. The Balaban J connectivity index is 1.72. The number of hydrogen-bond acceptors (Lipinski definition) is 3. The molecule has 0 aromatic heterocycles. The van der Waals surface area contributed by atoms with E-state index in [1.54, 1.807) is 41.3 Å². The van der Waals surface area contributed by atoms with Crippen molar-refractivity contribution in [2.24, 2.45) is 0 Å². The first-order valence-electron chi connectivity index (χ1n) is 7.69. The Morgan fingerprint density at radius 3 is 2.24 bits per heavy atom. The van der Waals surface area contributed by atoms with Gasteiger partial charge in [-0.15, -0.1) is 0 Å². The summed E-state index contributed by atoms with van der Waals surface area (Å²) < 4.78 is 28.4. The second-order valence-corrected chi connectivity index (χ2v) is 9.31. The molecule has 1 aliphatic rings. The zero-order valence-electron chi connectivity index (χ0n) is 13.2. The van der Waals surface area contributed by atoms with Crippen molar-refractivity contribution in [3.8, 4) is 0 Å². The van der Waals surface area contributed by atoms with Gasteiger partial charge in [-0.25, -0.2) is 8.42 Å². The predicted octanol–water partition coefficient (Wildman–Crippen LogP) is 3.36. The Morgan fingerprint density at radius 2 is 1.60 bits per heavy atom. The fraction of sp³-hybridized carbons (Fsp3) is 0.235. The molecule has 0 unspecified atom stereocenters. The number of nitrogens with zero attached hydrogens (tertiary/aromatic N) is 2. The maximum atomic E-state index is 12.8. The molecule has 0 aliphatic carbocycles. The summed E-state index contributed by atoms with van der Waals surface area (Å²) in [5, 5.41) is 0. The molecule has 1 aliphatic heterocycles. The molecule has 2 aromatic carbocycles. The van der Waals surface area contributed by atoms with E-state index in [1.807, 2.05) is 12.1 Å². The summed E-state index contributed by atoms with van der Waals surface area (Å²) in [6.07, 6.45) is 0. The first kappa shape index (κ1) is 18.6. The summed E-state index contributed by atoms with van der Waals surface area (Å²) in [6.45, 7) is 1.30. The molecule has 0 bridgehead atoms. The minimum atomic E-state index is -3.57. The van der Waals surface area contributed by atoms with Crippen LogP contribution in [0.5, 0.6) is 0 Å². The average molecular weight is 488 g/mol. The van der Waals surface area contributed by atoms with E-state index in [4.69, 9.17) is 0 Å². The maximum Gasteiger partial charge on any atom is 0.253 e. The van der Waals surface area contributed by atoms with Crippen LogP contribution in [0, 0.1) is 0 Å². The van der Waals surface area contributed by atoms with Gasteiger partial charge in [0.25, 0.3) is 5.91 Å². The van der Waals surface area contributed by atoms with Gasteiger partial charge in [-0.1, -0.05) is 34.1 Å². The van der Waals surface area contributed by atoms with E-state index >= 15 is 0 Å². The number of carbonyl (C=O) groups excluding carboxylic acids is 1. The molecule has 25 heavy (non-hydrogen) atoms. The van der Waals surface area contributed by atoms with E-state index in [2.05, 4.69) is 31.9 Å². The van der Waals surface area contributed by atoms with Gasteiger partial charge in [-0.2, -0.15) is 4.31 Å². The van der Waals surface area contributed by atoms with Crippen molar-refractivity contribution in [3.63, 3.8) is 0 Å². The van der Waals surface area contributed by atoms with Crippen LogP contribution in [0.25, 0.3) is 0 Å². The van der Waals surface area contributed by atoms with E-state index < -0.39 is 10.0 Å². The third kappa shape index (κ3) is 3.97. The maximum absolute atomic E-state index is 12.8. The van der Waals surface area contributed by atoms with E-state index in [-0.39, 0.29) is 23.9 Å². The number of carbonyl (C=O) groups is 1. The lowest BCUT2D eigenvalue weighted by atomic mass is 10.2. The van der Waals surface area contributed by atoms with Crippen LogP contribution in [-0.4, -0.2) is 49.7 Å². The summed E-state index contributed by atoms with van der Waals surface area (Å²) in [6, 6.07) is 14.0. The summed E-state index contributed by atoms with van der Waals surface area (Å²) in [4.78, 5) is 14.5. The molecule has 3 rings (SSSR count). The molecule has 1 amide bonds. The number of sulfonamides is 1. The summed E-state index contributed by atoms with van der Waals surface area (Å²) >= 11 is 6.66. The molecule has 132 valence electrons. The van der Waals surface area contributed by atoms with Crippen molar-refractivity contribution in [1.82, 2.24) is 9.21 Å². The number of rotatable bonds is 3. The fourth-order valence-electron chi connectivity index (χ4n) is 2.73. The summed E-state index contributed by atoms with van der Waals surface area (Å²) in [7, 11) is -3.57. The molecule has 0 N–H and O–H groups in total. The lowest BCUT2D eigenvalue weighted by Gasteiger charge is -2.34. The van der Waals surface area contributed by atoms with Gasteiger partial charge in [-0.3, -0.25) is 4.79 Å². The Kier molecular flexibility index (Phi) is 5.62. The molecule has 1 fully saturated rings. The van der Waals surface area contributed by atoms with Crippen LogP contribution in [0.2, 0.25) is 0 Å².